The first-order chi connectivity index (χ1) is 44.7. The highest BCUT2D eigenvalue weighted by atomic mass is 16.5. The smallest absolute Gasteiger partial charge is 0.336 e. The Morgan fingerprint density at radius 3 is 0.826 bits per heavy atom. The van der Waals surface area contributed by atoms with Gasteiger partial charge < -0.3 is 46.6 Å². The first-order valence-electron chi connectivity index (χ1n) is 29.0. The predicted molar refractivity (Wildman–Crippen MR) is 345 cm³/mol. The van der Waals surface area contributed by atoms with E-state index in [1.807, 2.05) is 100 Å². The molecule has 2 N–H and O–H groups in total. The molecule has 0 radical (unpaired) electrons. The third-order valence-electron chi connectivity index (χ3n) is 16.4. The highest BCUT2D eigenvalue weighted by Gasteiger charge is 2.25. The van der Waals surface area contributed by atoms with Gasteiger partial charge in [0.1, 0.15) is 90.9 Å². The molecule has 0 atom stereocenters. The maximum atomic E-state index is 12.4. The molecule has 0 aliphatic carbocycles. The third kappa shape index (κ3) is 9.32. The van der Waals surface area contributed by atoms with Crippen LogP contribution < -0.4 is 41.4 Å². The number of H-pyrrole nitrogens is 2. The number of fused-ring (bicyclic) bond motifs is 24. The van der Waals surface area contributed by atoms with Gasteiger partial charge in [0.25, 0.3) is 0 Å². The fourth-order valence-electron chi connectivity index (χ4n) is 12.0. The number of hydrogen-bond acceptors (Lipinski definition) is 18. The molecule has 20 nitrogen and oxygen atoms in total. The maximum absolute atomic E-state index is 12.4. The second-order valence-electron chi connectivity index (χ2n) is 22.5. The summed E-state index contributed by atoms with van der Waals surface area (Å²) in [5.41, 5.74) is 6.58. The number of ether oxygens (including phenoxy) is 4. The summed E-state index contributed by atoms with van der Waals surface area (Å²) in [6.45, 7) is 7.39. The Bertz CT molecular complexity index is 5840. The van der Waals surface area contributed by atoms with E-state index in [9.17, 15) is 19.2 Å². The lowest BCUT2D eigenvalue weighted by atomic mass is 10.1. The van der Waals surface area contributed by atoms with E-state index in [2.05, 4.69) is 9.97 Å². The van der Waals surface area contributed by atoms with Gasteiger partial charge in [0.05, 0.1) is 0 Å². The Balaban J connectivity index is 0.878. The monoisotopic (exact) mass is 1210 g/mol. The highest BCUT2D eigenvalue weighted by molar-refractivity contribution is 6.07. The number of benzene rings is 8. The van der Waals surface area contributed by atoms with Crippen molar-refractivity contribution in [3.8, 4) is 91.5 Å². The van der Waals surface area contributed by atoms with Gasteiger partial charge >= 0.3 is 22.5 Å². The number of nitrogens with one attached hydrogen (secondary N) is 2. The molecule has 0 saturated carbocycles. The van der Waals surface area contributed by atoms with Crippen molar-refractivity contribution in [1.82, 2.24) is 39.9 Å². The van der Waals surface area contributed by atoms with Gasteiger partial charge in [-0.1, -0.05) is 0 Å². The molecular formula is C72H42N8O12. The fraction of sp³-hybridized carbons (Fsp3) is 0.0556. The largest absolute Gasteiger partial charge is 0.457 e. The van der Waals surface area contributed by atoms with Crippen LogP contribution in [-0.4, -0.2) is 39.9 Å². The van der Waals surface area contributed by atoms with E-state index in [4.69, 9.17) is 66.5 Å². The molecule has 8 aromatic carbocycles. The van der Waals surface area contributed by atoms with Gasteiger partial charge in [-0.25, -0.2) is 49.1 Å². The van der Waals surface area contributed by atoms with Crippen LogP contribution in [0, 0.1) is 27.7 Å². The van der Waals surface area contributed by atoms with Gasteiger partial charge in [-0.2, -0.15) is 0 Å². The summed E-state index contributed by atoms with van der Waals surface area (Å²) < 4.78 is 48.3. The maximum Gasteiger partial charge on any atom is 0.336 e. The minimum Gasteiger partial charge on any atom is -0.457 e. The molecule has 17 rings (SSSR count). The van der Waals surface area contributed by atoms with Crippen molar-refractivity contribution in [2.24, 2.45) is 0 Å². The van der Waals surface area contributed by atoms with Crippen molar-refractivity contribution in [1.29, 1.82) is 0 Å². The molecule has 7 aromatic heterocycles. The third-order valence-corrected chi connectivity index (χ3v) is 16.4. The van der Waals surface area contributed by atoms with Crippen molar-refractivity contribution in [2.75, 3.05) is 0 Å². The zero-order chi connectivity index (χ0) is 62.2. The van der Waals surface area contributed by atoms with Gasteiger partial charge in [0.15, 0.2) is 23.3 Å². The van der Waals surface area contributed by atoms with Crippen molar-refractivity contribution < 1.29 is 36.6 Å². The number of rotatable bonds is 8. The second kappa shape index (κ2) is 20.4. The molecule has 0 amide bonds. The number of aryl methyl sites for hydroxylation is 4. The lowest BCUT2D eigenvalue weighted by Crippen LogP contribution is -1.97. The van der Waals surface area contributed by atoms with Gasteiger partial charge in [0, 0.05) is 114 Å². The van der Waals surface area contributed by atoms with E-state index in [0.717, 1.165) is 43.8 Å². The Hall–Kier alpha value is -12.8. The molecule has 0 fully saturated rings. The topological polar surface area (TPSA) is 267 Å². The molecule has 8 bridgehead atoms. The molecule has 0 saturated heterocycles. The predicted octanol–water partition coefficient (Wildman–Crippen LogP) is 15.7. The SMILES string of the molecule is Cc1cc(=O)oc2cc(Oc3ccc4c(c3)-c3nc-4nc4[nH]c(nc5nc(nc6[nH]c(n3)c3cc(Oc7ccc8c(C)cc(=O)oc8c7)ccc63)-c3ccc(Oc6ccc7c(C)cc(=O)oc7c6)cc3-5)c3cc(Oc5ccc6c(C)cc(=O)oc6c5)ccc43)ccc12. The summed E-state index contributed by atoms with van der Waals surface area (Å²) in [6.07, 6.45) is 0. The Labute approximate surface area is 515 Å². The van der Waals surface area contributed by atoms with Crippen LogP contribution in [0.5, 0.6) is 46.0 Å². The molecule has 20 heteroatoms. The fourth-order valence-corrected chi connectivity index (χ4v) is 12.0. The van der Waals surface area contributed by atoms with Crippen molar-refractivity contribution in [3.63, 3.8) is 0 Å². The quantitative estimate of drug-likeness (QED) is 0.134. The molecule has 9 heterocycles. The van der Waals surface area contributed by atoms with E-state index < -0.39 is 22.5 Å². The summed E-state index contributed by atoms with van der Waals surface area (Å²) in [6, 6.07) is 49.0. The summed E-state index contributed by atoms with van der Waals surface area (Å²) >= 11 is 0. The average Bonchev–Trinajstić information content (AvgIpc) is 1.64. The van der Waals surface area contributed by atoms with E-state index in [1.165, 1.54) is 24.3 Å². The molecule has 15 aromatic rings. The van der Waals surface area contributed by atoms with Crippen LogP contribution in [0.3, 0.4) is 0 Å². The Morgan fingerprint density at radius 1 is 0.261 bits per heavy atom. The molecular weight excluding hydrogens is 1170 g/mol. The molecule has 92 heavy (non-hydrogen) atoms. The average molecular weight is 1210 g/mol. The number of aromatic amines is 2. The van der Waals surface area contributed by atoms with Crippen LogP contribution in [0.1, 0.15) is 22.3 Å². The van der Waals surface area contributed by atoms with E-state index in [-0.39, 0.29) is 11.6 Å². The van der Waals surface area contributed by atoms with Gasteiger partial charge in [-0.3, -0.25) is 0 Å². The van der Waals surface area contributed by atoms with Crippen LogP contribution in [-0.2, 0) is 0 Å². The second-order valence-corrected chi connectivity index (χ2v) is 22.5. The number of aromatic nitrogens is 8. The Morgan fingerprint density at radius 2 is 0.511 bits per heavy atom. The molecule has 0 unspecified atom stereocenters. The number of hydrogen-bond donors (Lipinski definition) is 2. The van der Waals surface area contributed by atoms with Crippen LogP contribution in [0.25, 0.3) is 134 Å². The van der Waals surface area contributed by atoms with Crippen molar-refractivity contribution in [2.45, 2.75) is 27.7 Å². The summed E-state index contributed by atoms with van der Waals surface area (Å²) in [7, 11) is 0. The van der Waals surface area contributed by atoms with Gasteiger partial charge in [0.2, 0.25) is 0 Å². The zero-order valence-corrected chi connectivity index (χ0v) is 48.7. The van der Waals surface area contributed by atoms with Crippen LogP contribution in [0.2, 0.25) is 0 Å². The van der Waals surface area contributed by atoms with E-state index in [1.54, 1.807) is 72.8 Å². The van der Waals surface area contributed by atoms with Crippen LogP contribution in [0.4, 0.5) is 0 Å². The standard InChI is InChI=1S/C72H42N8O12/c1-33-21-61(81)89-57-29-41(5-13-45(33)57)85-37-9-17-49-53(25-37)69-75-65(49)73-66-51-19-11-39(87-43-7-15-47-35(3)23-63(83)91-59(47)31-43)27-55(51)71(77-66)80-72-56-28-40(88-44-8-16-48-36(4)24-64(84)92-60(48)32-44)12-20-52(56)68(78-72)74-67-50-18-10-38(26-54(50)70(76-67)79-69)86-42-6-14-46-34(2)22-62(82)90-58(46)30-42/h5-32H,1-4H3,(H2,73,74,75,76,77,78,79,80). The molecule has 2 aliphatic heterocycles. The van der Waals surface area contributed by atoms with E-state index in [0.29, 0.717) is 146 Å². The first-order valence-corrected chi connectivity index (χ1v) is 29.0. The van der Waals surface area contributed by atoms with E-state index >= 15 is 0 Å². The lowest BCUT2D eigenvalue weighted by molar-refractivity contribution is 0.480. The zero-order valence-electron chi connectivity index (χ0n) is 48.7. The lowest BCUT2D eigenvalue weighted by Gasteiger charge is -2.09. The van der Waals surface area contributed by atoms with Gasteiger partial charge in [-0.15, -0.1) is 0 Å². The molecule has 442 valence electrons. The summed E-state index contributed by atoms with van der Waals surface area (Å²) in [5.74, 6) is 4.57. The molecule has 2 aliphatic rings. The van der Waals surface area contributed by atoms with Crippen molar-refractivity contribution >= 4 is 88.0 Å². The highest BCUT2D eigenvalue weighted by Crippen LogP contribution is 2.43. The van der Waals surface area contributed by atoms with Crippen LogP contribution >= 0.6 is 0 Å². The summed E-state index contributed by atoms with van der Waals surface area (Å²) in [5, 5.41) is 5.58. The number of nitrogens with zero attached hydrogens (tertiary/aromatic N) is 6. The van der Waals surface area contributed by atoms with Crippen LogP contribution in [0.15, 0.2) is 207 Å². The first kappa shape index (κ1) is 53.4. The minimum atomic E-state index is -0.472. The van der Waals surface area contributed by atoms with Gasteiger partial charge in [-0.05, 0) is 171 Å². The minimum absolute atomic E-state index is 0.269. The molecule has 0 spiro atoms. The normalized spacial score (nSPS) is 11.9. The summed E-state index contributed by atoms with van der Waals surface area (Å²) in [4.78, 5) is 88.2. The van der Waals surface area contributed by atoms with Crippen molar-refractivity contribution in [3.05, 3.63) is 234 Å². The Kier molecular flexibility index (Phi) is 11.8.